The Balaban J connectivity index is 1.97. The van der Waals surface area contributed by atoms with E-state index in [9.17, 15) is 18.0 Å². The van der Waals surface area contributed by atoms with Gasteiger partial charge in [0.2, 0.25) is 5.91 Å². The molecule has 22 heavy (non-hydrogen) atoms. The number of likely N-dealkylation sites (N-methyl/N-ethyl adjacent to an activating group) is 1. The van der Waals surface area contributed by atoms with Gasteiger partial charge in [0.1, 0.15) is 5.65 Å². The Morgan fingerprint density at radius 3 is 2.82 bits per heavy atom. The molecule has 2 aromatic rings. The lowest BCUT2D eigenvalue weighted by molar-refractivity contribution is -0.139. The van der Waals surface area contributed by atoms with Crippen molar-refractivity contribution in [2.24, 2.45) is 0 Å². The van der Waals surface area contributed by atoms with Crippen molar-refractivity contribution >= 4 is 11.6 Å². The van der Waals surface area contributed by atoms with Crippen LogP contribution >= 0.6 is 0 Å². The average Bonchev–Trinajstić information content (AvgIpc) is 2.82. The number of imidazole rings is 1. The monoisotopic (exact) mass is 313 g/mol. The van der Waals surface area contributed by atoms with Gasteiger partial charge in [-0.15, -0.1) is 0 Å². The zero-order chi connectivity index (χ0) is 16.3. The Morgan fingerprint density at radius 1 is 1.41 bits per heavy atom. The Labute approximate surface area is 126 Å². The van der Waals surface area contributed by atoms with Gasteiger partial charge >= 0.3 is 6.18 Å². The highest BCUT2D eigenvalue weighted by Gasteiger charge is 2.26. The molecule has 0 unspecified atom stereocenters. The van der Waals surface area contributed by atoms with E-state index >= 15 is 0 Å². The summed E-state index contributed by atoms with van der Waals surface area (Å²) in [6.07, 6.45) is -1.57. The summed E-state index contributed by atoms with van der Waals surface area (Å²) in [5.74, 6) is -0.217. The normalized spacial score (nSPS) is 11.9. The fourth-order valence-corrected chi connectivity index (χ4v) is 2.26. The van der Waals surface area contributed by atoms with E-state index in [2.05, 4.69) is 4.98 Å². The van der Waals surface area contributed by atoms with E-state index in [1.807, 2.05) is 29.7 Å². The molecule has 2 rings (SSSR count). The van der Waals surface area contributed by atoms with Gasteiger partial charge in [-0.25, -0.2) is 4.98 Å². The maximum atomic E-state index is 12.1. The minimum absolute atomic E-state index is 0.0853. The van der Waals surface area contributed by atoms with Gasteiger partial charge in [0.15, 0.2) is 0 Å². The van der Waals surface area contributed by atoms with Crippen LogP contribution in [0.4, 0.5) is 13.2 Å². The zero-order valence-electron chi connectivity index (χ0n) is 12.5. The lowest BCUT2D eigenvalue weighted by Gasteiger charge is -2.17. The summed E-state index contributed by atoms with van der Waals surface area (Å²) in [5, 5.41) is 0. The van der Waals surface area contributed by atoms with Crippen molar-refractivity contribution in [1.82, 2.24) is 14.3 Å². The van der Waals surface area contributed by atoms with Crippen LogP contribution in [0.25, 0.3) is 5.65 Å². The largest absolute Gasteiger partial charge is 0.389 e. The first-order valence-corrected chi connectivity index (χ1v) is 7.00. The predicted molar refractivity (Wildman–Crippen MR) is 76.6 cm³/mol. The van der Waals surface area contributed by atoms with Gasteiger partial charge in [0.25, 0.3) is 0 Å². The molecule has 0 spiro atoms. The van der Waals surface area contributed by atoms with Crippen LogP contribution in [-0.4, -0.2) is 40.0 Å². The molecule has 7 heteroatoms. The van der Waals surface area contributed by atoms with Crippen LogP contribution in [0.15, 0.2) is 24.5 Å². The van der Waals surface area contributed by atoms with Crippen LogP contribution in [0.5, 0.6) is 0 Å². The smallest absolute Gasteiger partial charge is 0.345 e. The van der Waals surface area contributed by atoms with Crippen LogP contribution in [0.3, 0.4) is 0 Å². The molecular formula is C15H18F3N3O. The number of nitrogens with zero attached hydrogens (tertiary/aromatic N) is 3. The maximum Gasteiger partial charge on any atom is 0.389 e. The molecule has 2 aromatic heterocycles. The highest BCUT2D eigenvalue weighted by molar-refractivity contribution is 5.78. The van der Waals surface area contributed by atoms with Gasteiger partial charge in [-0.3, -0.25) is 4.79 Å². The SMILES string of the molecule is Cc1cccn2c(CC(=O)N(C)CCCC(F)(F)F)cnc12. The van der Waals surface area contributed by atoms with Crippen molar-refractivity contribution in [3.8, 4) is 0 Å². The van der Waals surface area contributed by atoms with Crippen molar-refractivity contribution in [3.05, 3.63) is 35.8 Å². The van der Waals surface area contributed by atoms with E-state index in [1.54, 1.807) is 6.20 Å². The Kier molecular flexibility index (Phi) is 4.73. The number of amides is 1. The second kappa shape index (κ2) is 6.37. The maximum absolute atomic E-state index is 12.1. The van der Waals surface area contributed by atoms with Gasteiger partial charge in [-0.1, -0.05) is 6.07 Å². The van der Waals surface area contributed by atoms with Gasteiger partial charge in [0.05, 0.1) is 12.1 Å². The molecule has 0 saturated carbocycles. The number of rotatable bonds is 5. The van der Waals surface area contributed by atoms with Crippen LogP contribution < -0.4 is 0 Å². The summed E-state index contributed by atoms with van der Waals surface area (Å²) in [7, 11) is 1.52. The van der Waals surface area contributed by atoms with Crippen LogP contribution in [0.1, 0.15) is 24.1 Å². The molecule has 0 aromatic carbocycles. The van der Waals surface area contributed by atoms with E-state index in [0.29, 0.717) is 0 Å². The number of hydrogen-bond acceptors (Lipinski definition) is 2. The molecule has 0 N–H and O–H groups in total. The summed E-state index contributed by atoms with van der Waals surface area (Å²) in [6, 6.07) is 3.79. The first kappa shape index (κ1) is 16.3. The summed E-state index contributed by atoms with van der Waals surface area (Å²) in [5.41, 5.74) is 2.51. The Hall–Kier alpha value is -2.05. The Morgan fingerprint density at radius 2 is 2.14 bits per heavy atom. The van der Waals surface area contributed by atoms with Crippen molar-refractivity contribution < 1.29 is 18.0 Å². The first-order valence-electron chi connectivity index (χ1n) is 7.00. The van der Waals surface area contributed by atoms with Crippen LogP contribution in [0, 0.1) is 6.92 Å². The van der Waals surface area contributed by atoms with Gasteiger partial charge in [-0.05, 0) is 25.0 Å². The number of carbonyl (C=O) groups is 1. The first-order chi connectivity index (χ1) is 10.3. The number of aromatic nitrogens is 2. The van der Waals surface area contributed by atoms with Crippen molar-refractivity contribution in [1.29, 1.82) is 0 Å². The highest BCUT2D eigenvalue weighted by atomic mass is 19.4. The zero-order valence-corrected chi connectivity index (χ0v) is 12.5. The topological polar surface area (TPSA) is 37.6 Å². The third kappa shape index (κ3) is 3.99. The second-order valence-electron chi connectivity index (χ2n) is 5.35. The van der Waals surface area contributed by atoms with E-state index in [-0.39, 0.29) is 25.3 Å². The summed E-state index contributed by atoms with van der Waals surface area (Å²) < 4.78 is 38.2. The Bertz CT molecular complexity index is 664. The van der Waals surface area contributed by atoms with E-state index in [0.717, 1.165) is 16.9 Å². The highest BCUT2D eigenvalue weighted by Crippen LogP contribution is 2.21. The van der Waals surface area contributed by atoms with E-state index in [4.69, 9.17) is 0 Å². The van der Waals surface area contributed by atoms with E-state index < -0.39 is 12.6 Å². The third-order valence-electron chi connectivity index (χ3n) is 3.52. The number of hydrogen-bond donors (Lipinski definition) is 0. The number of aryl methyl sites for hydroxylation is 1. The molecule has 0 aliphatic heterocycles. The molecule has 0 aliphatic carbocycles. The molecule has 0 saturated heterocycles. The molecular weight excluding hydrogens is 295 g/mol. The fraction of sp³-hybridized carbons (Fsp3) is 0.467. The van der Waals surface area contributed by atoms with Crippen molar-refractivity contribution in [2.75, 3.05) is 13.6 Å². The molecule has 4 nitrogen and oxygen atoms in total. The molecule has 120 valence electrons. The molecule has 0 radical (unpaired) electrons. The standard InChI is InChI=1S/C15H18F3N3O/c1-11-5-3-8-21-12(10-19-14(11)21)9-13(22)20(2)7-4-6-15(16,17)18/h3,5,8,10H,4,6-7,9H2,1-2H3. The predicted octanol–water partition coefficient (Wildman–Crippen LogP) is 2.99. The van der Waals surface area contributed by atoms with E-state index in [1.165, 1.54) is 11.9 Å². The molecule has 0 fully saturated rings. The molecule has 0 aliphatic rings. The summed E-state index contributed by atoms with van der Waals surface area (Å²) in [4.78, 5) is 17.7. The minimum Gasteiger partial charge on any atom is -0.345 e. The van der Waals surface area contributed by atoms with Crippen LogP contribution in [0.2, 0.25) is 0 Å². The average molecular weight is 313 g/mol. The van der Waals surface area contributed by atoms with Crippen molar-refractivity contribution in [2.45, 2.75) is 32.4 Å². The number of carbonyl (C=O) groups excluding carboxylic acids is 1. The van der Waals surface area contributed by atoms with Gasteiger partial charge in [-0.2, -0.15) is 13.2 Å². The minimum atomic E-state index is -4.18. The second-order valence-corrected chi connectivity index (χ2v) is 5.35. The lowest BCUT2D eigenvalue weighted by Crippen LogP contribution is -2.30. The summed E-state index contributed by atoms with van der Waals surface area (Å²) in [6.45, 7) is 2.02. The number of alkyl halides is 3. The summed E-state index contributed by atoms with van der Waals surface area (Å²) >= 11 is 0. The molecule has 1 amide bonds. The number of pyridine rings is 1. The molecule has 0 atom stereocenters. The molecule has 0 bridgehead atoms. The number of fused-ring (bicyclic) bond motifs is 1. The molecule has 2 heterocycles. The number of halogens is 3. The van der Waals surface area contributed by atoms with Crippen LogP contribution in [-0.2, 0) is 11.2 Å². The fourth-order valence-electron chi connectivity index (χ4n) is 2.26. The van der Waals surface area contributed by atoms with Gasteiger partial charge in [0, 0.05) is 32.4 Å². The van der Waals surface area contributed by atoms with Crippen molar-refractivity contribution in [3.63, 3.8) is 0 Å². The quantitative estimate of drug-likeness (QED) is 0.851. The van der Waals surface area contributed by atoms with Gasteiger partial charge < -0.3 is 9.30 Å². The third-order valence-corrected chi connectivity index (χ3v) is 3.52. The lowest BCUT2D eigenvalue weighted by atomic mass is 10.2.